The Bertz CT molecular complexity index is 729. The smallest absolute Gasteiger partial charge is 0.0529 e. The van der Waals surface area contributed by atoms with Crippen molar-refractivity contribution in [1.29, 1.82) is 0 Å². The minimum Gasteiger partial charge on any atom is -0.343 e. The van der Waals surface area contributed by atoms with Gasteiger partial charge in [-0.25, -0.2) is 0 Å². The highest BCUT2D eigenvalue weighted by atomic mass is 127. The van der Waals surface area contributed by atoms with E-state index in [0.717, 1.165) is 19.6 Å². The van der Waals surface area contributed by atoms with Crippen LogP contribution in [-0.4, -0.2) is 11.1 Å². The number of nitrogens with one attached hydrogen (secondary N) is 1. The quantitative estimate of drug-likeness (QED) is 0.639. The first-order valence-electron chi connectivity index (χ1n) is 7.30. The van der Waals surface area contributed by atoms with Crippen molar-refractivity contribution in [3.63, 3.8) is 0 Å². The lowest BCUT2D eigenvalue weighted by Gasteiger charge is -2.11. The van der Waals surface area contributed by atoms with E-state index >= 15 is 0 Å². The molecule has 108 valence electrons. The average molecular weight is 390 g/mol. The van der Waals surface area contributed by atoms with E-state index in [4.69, 9.17) is 0 Å². The molecule has 0 saturated heterocycles. The number of benzene rings is 2. The number of aromatic nitrogens is 1. The predicted octanol–water partition coefficient (Wildman–Crippen LogP) is 4.40. The highest BCUT2D eigenvalue weighted by molar-refractivity contribution is 14.1. The van der Waals surface area contributed by atoms with Crippen LogP contribution in [0.3, 0.4) is 0 Å². The van der Waals surface area contributed by atoms with Crippen LogP contribution < -0.4 is 5.32 Å². The molecule has 0 radical (unpaired) electrons. The molecule has 3 heteroatoms. The van der Waals surface area contributed by atoms with Crippen LogP contribution >= 0.6 is 22.6 Å². The Balaban J connectivity index is 1.96. The molecule has 0 bridgehead atoms. The molecule has 0 spiro atoms. The maximum atomic E-state index is 3.43. The standard InChI is InChI=1S/C18H19IN2/c1-2-20-12-16-5-3-4-15-10-11-21(18(15)16)13-14-6-8-17(19)9-7-14/h3-11,20H,2,12-13H2,1H3. The first kappa shape index (κ1) is 14.6. The summed E-state index contributed by atoms with van der Waals surface area (Å²) in [6.07, 6.45) is 2.19. The SMILES string of the molecule is CCNCc1cccc2ccn(Cc3ccc(I)cc3)c12. The zero-order valence-electron chi connectivity index (χ0n) is 12.1. The van der Waals surface area contributed by atoms with Gasteiger partial charge in [0.25, 0.3) is 0 Å². The van der Waals surface area contributed by atoms with Crippen molar-refractivity contribution in [2.45, 2.75) is 20.0 Å². The number of hydrogen-bond donors (Lipinski definition) is 1. The minimum atomic E-state index is 0.920. The molecule has 3 rings (SSSR count). The van der Waals surface area contributed by atoms with Gasteiger partial charge in [-0.2, -0.15) is 0 Å². The topological polar surface area (TPSA) is 17.0 Å². The third-order valence-electron chi connectivity index (χ3n) is 3.70. The van der Waals surface area contributed by atoms with Crippen LogP contribution in [0.4, 0.5) is 0 Å². The van der Waals surface area contributed by atoms with Gasteiger partial charge in [0.1, 0.15) is 0 Å². The Morgan fingerprint density at radius 3 is 2.62 bits per heavy atom. The van der Waals surface area contributed by atoms with E-state index in [1.165, 1.54) is 25.6 Å². The highest BCUT2D eigenvalue weighted by Crippen LogP contribution is 2.22. The van der Waals surface area contributed by atoms with E-state index in [0.29, 0.717) is 0 Å². The van der Waals surface area contributed by atoms with Crippen molar-refractivity contribution >= 4 is 33.5 Å². The molecule has 0 atom stereocenters. The van der Waals surface area contributed by atoms with E-state index in [9.17, 15) is 0 Å². The summed E-state index contributed by atoms with van der Waals surface area (Å²) in [7, 11) is 0. The van der Waals surface area contributed by atoms with Crippen LogP contribution in [0.2, 0.25) is 0 Å². The van der Waals surface area contributed by atoms with Gasteiger partial charge in [-0.05, 0) is 63.8 Å². The Hall–Kier alpha value is -1.33. The number of halogens is 1. The molecule has 0 aliphatic heterocycles. The molecular weight excluding hydrogens is 371 g/mol. The lowest BCUT2D eigenvalue weighted by atomic mass is 10.1. The third-order valence-corrected chi connectivity index (χ3v) is 4.42. The third kappa shape index (κ3) is 3.30. The second-order valence-electron chi connectivity index (χ2n) is 5.21. The summed E-state index contributed by atoms with van der Waals surface area (Å²) < 4.78 is 3.63. The van der Waals surface area contributed by atoms with Gasteiger partial charge >= 0.3 is 0 Å². The molecular formula is C18H19IN2. The van der Waals surface area contributed by atoms with E-state index in [1.54, 1.807) is 0 Å². The van der Waals surface area contributed by atoms with Crippen molar-refractivity contribution in [3.05, 3.63) is 69.4 Å². The lowest BCUT2D eigenvalue weighted by molar-refractivity contribution is 0.724. The maximum Gasteiger partial charge on any atom is 0.0529 e. The summed E-state index contributed by atoms with van der Waals surface area (Å²) in [6, 6.07) is 17.5. The molecule has 0 aliphatic carbocycles. The zero-order chi connectivity index (χ0) is 14.7. The molecule has 1 N–H and O–H groups in total. The summed E-state index contributed by atoms with van der Waals surface area (Å²) in [5.74, 6) is 0. The lowest BCUT2D eigenvalue weighted by Crippen LogP contribution is -2.13. The molecule has 2 aromatic carbocycles. The molecule has 0 aliphatic rings. The average Bonchev–Trinajstić information content (AvgIpc) is 2.91. The zero-order valence-corrected chi connectivity index (χ0v) is 14.3. The minimum absolute atomic E-state index is 0.920. The van der Waals surface area contributed by atoms with Crippen LogP contribution in [-0.2, 0) is 13.1 Å². The summed E-state index contributed by atoms with van der Waals surface area (Å²) in [4.78, 5) is 0. The molecule has 0 unspecified atom stereocenters. The van der Waals surface area contributed by atoms with Crippen molar-refractivity contribution in [3.8, 4) is 0 Å². The molecule has 1 heterocycles. The van der Waals surface area contributed by atoms with Gasteiger partial charge in [0.2, 0.25) is 0 Å². The summed E-state index contributed by atoms with van der Waals surface area (Å²) in [6.45, 7) is 4.98. The highest BCUT2D eigenvalue weighted by Gasteiger charge is 2.06. The molecule has 2 nitrogen and oxygen atoms in total. The molecule has 0 fully saturated rings. The fraction of sp³-hybridized carbons (Fsp3) is 0.222. The van der Waals surface area contributed by atoms with Crippen molar-refractivity contribution in [1.82, 2.24) is 9.88 Å². The van der Waals surface area contributed by atoms with Gasteiger partial charge in [0.05, 0.1) is 5.52 Å². The number of fused-ring (bicyclic) bond motifs is 1. The van der Waals surface area contributed by atoms with Crippen molar-refractivity contribution in [2.24, 2.45) is 0 Å². The fourth-order valence-corrected chi connectivity index (χ4v) is 3.02. The Morgan fingerprint density at radius 1 is 1.05 bits per heavy atom. The molecule has 0 saturated carbocycles. The van der Waals surface area contributed by atoms with Crippen LogP contribution in [0.5, 0.6) is 0 Å². The van der Waals surface area contributed by atoms with E-state index in [2.05, 4.69) is 94.1 Å². The van der Waals surface area contributed by atoms with Crippen LogP contribution in [0, 0.1) is 3.57 Å². The van der Waals surface area contributed by atoms with E-state index in [1.807, 2.05) is 0 Å². The number of nitrogens with zero attached hydrogens (tertiary/aromatic N) is 1. The van der Waals surface area contributed by atoms with Gasteiger partial charge in [0, 0.05) is 22.9 Å². The monoisotopic (exact) mass is 390 g/mol. The largest absolute Gasteiger partial charge is 0.343 e. The first-order chi connectivity index (χ1) is 10.3. The fourth-order valence-electron chi connectivity index (χ4n) is 2.66. The summed E-state index contributed by atoms with van der Waals surface area (Å²) in [5, 5.41) is 4.75. The maximum absolute atomic E-state index is 3.43. The molecule has 21 heavy (non-hydrogen) atoms. The van der Waals surface area contributed by atoms with E-state index < -0.39 is 0 Å². The molecule has 0 amide bonds. The van der Waals surface area contributed by atoms with Gasteiger partial charge < -0.3 is 9.88 Å². The summed E-state index contributed by atoms with van der Waals surface area (Å²) >= 11 is 2.35. The second-order valence-corrected chi connectivity index (χ2v) is 6.45. The van der Waals surface area contributed by atoms with Gasteiger partial charge in [-0.3, -0.25) is 0 Å². The molecule has 3 aromatic rings. The summed E-state index contributed by atoms with van der Waals surface area (Å²) in [5.41, 5.74) is 4.05. The van der Waals surface area contributed by atoms with Crippen LogP contribution in [0.1, 0.15) is 18.1 Å². The Morgan fingerprint density at radius 2 is 1.86 bits per heavy atom. The number of para-hydroxylation sites is 1. The van der Waals surface area contributed by atoms with Crippen LogP contribution in [0.15, 0.2) is 54.7 Å². The Labute approximate surface area is 139 Å². The predicted molar refractivity (Wildman–Crippen MR) is 97.6 cm³/mol. The first-order valence-corrected chi connectivity index (χ1v) is 8.37. The van der Waals surface area contributed by atoms with Crippen LogP contribution in [0.25, 0.3) is 10.9 Å². The Kier molecular flexibility index (Phi) is 4.60. The number of rotatable bonds is 5. The second kappa shape index (κ2) is 6.62. The molecule has 1 aromatic heterocycles. The number of hydrogen-bond acceptors (Lipinski definition) is 1. The van der Waals surface area contributed by atoms with Gasteiger partial charge in [-0.1, -0.05) is 37.3 Å². The van der Waals surface area contributed by atoms with Crippen molar-refractivity contribution < 1.29 is 0 Å². The van der Waals surface area contributed by atoms with Gasteiger partial charge in [-0.15, -0.1) is 0 Å². The van der Waals surface area contributed by atoms with E-state index in [-0.39, 0.29) is 0 Å². The van der Waals surface area contributed by atoms with Crippen molar-refractivity contribution in [2.75, 3.05) is 6.54 Å². The normalized spacial score (nSPS) is 11.1. The van der Waals surface area contributed by atoms with Gasteiger partial charge in [0.15, 0.2) is 0 Å².